The summed E-state index contributed by atoms with van der Waals surface area (Å²) < 4.78 is 11.5. The van der Waals surface area contributed by atoms with E-state index >= 15 is 0 Å². The molecule has 2 fully saturated rings. The fraction of sp³-hybridized carbons (Fsp3) is 0.467. The van der Waals surface area contributed by atoms with Crippen LogP contribution in [0.15, 0.2) is 61.2 Å². The Labute approximate surface area is 213 Å². The van der Waals surface area contributed by atoms with E-state index in [1.807, 2.05) is 56.0 Å². The van der Waals surface area contributed by atoms with Crippen LogP contribution in [-0.2, 0) is 9.47 Å². The summed E-state index contributed by atoms with van der Waals surface area (Å²) in [6, 6.07) is 16.7. The Morgan fingerprint density at radius 2 is 1.58 bits per heavy atom. The van der Waals surface area contributed by atoms with E-state index in [2.05, 4.69) is 36.2 Å². The SMILES string of the molecule is C=CCC1(NC(=O)OCC2c3ccccc3-c3ccccc32)CC2CCC(C1)N2C(=O)OC(C)(C)C. The molecule has 2 saturated heterocycles. The van der Waals surface area contributed by atoms with Crippen molar-refractivity contribution in [2.24, 2.45) is 0 Å². The standard InChI is InChI=1S/C30H36N2O4/c1-5-16-30(17-20-14-15-21(18-30)32(20)28(34)36-29(2,3)4)31-27(33)35-19-26-24-12-8-6-10-22(24)23-11-7-9-13-25(23)26/h5-13,20-21,26H,1,14-19H2,2-4H3,(H,31,33). The van der Waals surface area contributed by atoms with Crippen molar-refractivity contribution in [3.63, 3.8) is 0 Å². The van der Waals surface area contributed by atoms with Gasteiger partial charge in [0, 0.05) is 18.0 Å². The number of hydrogen-bond acceptors (Lipinski definition) is 4. The average molecular weight is 489 g/mol. The van der Waals surface area contributed by atoms with Crippen LogP contribution >= 0.6 is 0 Å². The van der Waals surface area contributed by atoms with Crippen LogP contribution in [0.5, 0.6) is 0 Å². The van der Waals surface area contributed by atoms with E-state index in [1.54, 1.807) is 0 Å². The van der Waals surface area contributed by atoms with Gasteiger partial charge in [-0.3, -0.25) is 0 Å². The van der Waals surface area contributed by atoms with Crippen LogP contribution < -0.4 is 5.32 Å². The molecule has 3 aliphatic rings. The lowest BCUT2D eigenvalue weighted by molar-refractivity contribution is -0.00390. The maximum atomic E-state index is 13.1. The molecule has 190 valence electrons. The van der Waals surface area contributed by atoms with E-state index in [0.29, 0.717) is 19.3 Å². The zero-order valence-electron chi connectivity index (χ0n) is 21.5. The molecule has 2 unspecified atom stereocenters. The first-order chi connectivity index (χ1) is 17.2. The summed E-state index contributed by atoms with van der Waals surface area (Å²) in [7, 11) is 0. The third-order valence-electron chi connectivity index (χ3n) is 7.72. The molecule has 2 heterocycles. The number of carbonyl (C=O) groups excluding carboxylic acids is 2. The number of nitrogens with one attached hydrogen (secondary N) is 1. The highest BCUT2D eigenvalue weighted by Gasteiger charge is 2.51. The summed E-state index contributed by atoms with van der Waals surface area (Å²) in [5.41, 5.74) is 3.78. The number of ether oxygens (including phenoxy) is 2. The maximum Gasteiger partial charge on any atom is 0.410 e. The Morgan fingerprint density at radius 3 is 2.11 bits per heavy atom. The molecule has 0 radical (unpaired) electrons. The van der Waals surface area contributed by atoms with Gasteiger partial charge in [-0.15, -0.1) is 6.58 Å². The van der Waals surface area contributed by atoms with Gasteiger partial charge in [-0.2, -0.15) is 0 Å². The van der Waals surface area contributed by atoms with Crippen molar-refractivity contribution in [2.75, 3.05) is 6.61 Å². The largest absolute Gasteiger partial charge is 0.449 e. The molecule has 1 aliphatic carbocycles. The number of alkyl carbamates (subject to hydrolysis) is 1. The van der Waals surface area contributed by atoms with Gasteiger partial charge in [0.25, 0.3) is 0 Å². The molecule has 2 aromatic rings. The Hall–Kier alpha value is -3.28. The maximum absolute atomic E-state index is 13.1. The molecule has 0 spiro atoms. The van der Waals surface area contributed by atoms with Crippen molar-refractivity contribution in [1.29, 1.82) is 0 Å². The first kappa shape index (κ1) is 24.4. The van der Waals surface area contributed by atoms with Gasteiger partial charge in [0.1, 0.15) is 12.2 Å². The van der Waals surface area contributed by atoms with E-state index < -0.39 is 17.2 Å². The minimum absolute atomic E-state index is 0.0173. The van der Waals surface area contributed by atoms with Gasteiger partial charge in [-0.05, 0) is 75.1 Å². The first-order valence-electron chi connectivity index (χ1n) is 12.9. The van der Waals surface area contributed by atoms with Gasteiger partial charge in [-0.1, -0.05) is 54.6 Å². The monoisotopic (exact) mass is 488 g/mol. The fourth-order valence-corrected chi connectivity index (χ4v) is 6.41. The van der Waals surface area contributed by atoms with Gasteiger partial charge in [0.05, 0.1) is 5.54 Å². The highest BCUT2D eigenvalue weighted by atomic mass is 16.6. The number of hydrogen-bond donors (Lipinski definition) is 1. The number of benzene rings is 2. The Bertz CT molecular complexity index is 1110. The van der Waals surface area contributed by atoms with Crippen molar-refractivity contribution in [3.05, 3.63) is 72.3 Å². The predicted octanol–water partition coefficient (Wildman–Crippen LogP) is 6.40. The minimum Gasteiger partial charge on any atom is -0.449 e. The third-order valence-corrected chi connectivity index (χ3v) is 7.72. The second-order valence-electron chi connectivity index (χ2n) is 11.4. The van der Waals surface area contributed by atoms with Crippen LogP contribution in [0.3, 0.4) is 0 Å². The topological polar surface area (TPSA) is 67.9 Å². The fourth-order valence-electron chi connectivity index (χ4n) is 6.41. The summed E-state index contributed by atoms with van der Waals surface area (Å²) >= 11 is 0. The van der Waals surface area contributed by atoms with Crippen LogP contribution in [0.25, 0.3) is 11.1 Å². The number of carbonyl (C=O) groups is 2. The second-order valence-corrected chi connectivity index (χ2v) is 11.4. The van der Waals surface area contributed by atoms with E-state index in [4.69, 9.17) is 9.47 Å². The molecule has 0 aromatic heterocycles. The number of nitrogens with zero attached hydrogens (tertiary/aromatic N) is 1. The number of rotatable bonds is 5. The molecule has 1 N–H and O–H groups in total. The summed E-state index contributed by atoms with van der Waals surface area (Å²) in [4.78, 5) is 27.9. The molecule has 6 heteroatoms. The smallest absolute Gasteiger partial charge is 0.410 e. The lowest BCUT2D eigenvalue weighted by Gasteiger charge is -2.46. The molecule has 2 aromatic carbocycles. The third kappa shape index (κ3) is 4.61. The molecular formula is C30H36N2O4. The van der Waals surface area contributed by atoms with Crippen molar-refractivity contribution in [3.8, 4) is 11.1 Å². The van der Waals surface area contributed by atoms with Crippen LogP contribution in [0.2, 0.25) is 0 Å². The Kier molecular flexibility index (Phi) is 6.31. The molecule has 2 amide bonds. The molecule has 0 saturated carbocycles. The summed E-state index contributed by atoms with van der Waals surface area (Å²) in [6.45, 7) is 9.88. The summed E-state index contributed by atoms with van der Waals surface area (Å²) in [5.74, 6) is 0.0173. The zero-order chi connectivity index (χ0) is 25.5. The number of fused-ring (bicyclic) bond motifs is 5. The van der Waals surface area contributed by atoms with Crippen LogP contribution in [-0.4, -0.2) is 46.9 Å². The number of piperidine rings is 1. The Balaban J connectivity index is 1.27. The highest BCUT2D eigenvalue weighted by Crippen LogP contribution is 2.45. The highest BCUT2D eigenvalue weighted by molar-refractivity contribution is 5.79. The van der Waals surface area contributed by atoms with Gasteiger partial charge < -0.3 is 19.7 Å². The quantitative estimate of drug-likeness (QED) is 0.495. The second kappa shape index (κ2) is 9.30. The molecule has 5 rings (SSSR count). The lowest BCUT2D eigenvalue weighted by Crippen LogP contribution is -2.60. The van der Waals surface area contributed by atoms with E-state index in [1.165, 1.54) is 22.3 Å². The predicted molar refractivity (Wildman–Crippen MR) is 140 cm³/mol. The number of amides is 2. The Morgan fingerprint density at radius 1 is 1.03 bits per heavy atom. The van der Waals surface area contributed by atoms with Crippen LogP contribution in [0.4, 0.5) is 9.59 Å². The van der Waals surface area contributed by atoms with Gasteiger partial charge in [0.2, 0.25) is 0 Å². The van der Waals surface area contributed by atoms with E-state index in [0.717, 1.165) is 12.8 Å². The molecule has 6 nitrogen and oxygen atoms in total. The van der Waals surface area contributed by atoms with Crippen molar-refractivity contribution >= 4 is 12.2 Å². The van der Waals surface area contributed by atoms with Crippen LogP contribution in [0.1, 0.15) is 69.9 Å². The van der Waals surface area contributed by atoms with Crippen molar-refractivity contribution in [1.82, 2.24) is 10.2 Å². The molecule has 36 heavy (non-hydrogen) atoms. The van der Waals surface area contributed by atoms with E-state index in [-0.39, 0.29) is 30.7 Å². The molecular weight excluding hydrogens is 452 g/mol. The molecule has 2 aliphatic heterocycles. The first-order valence-corrected chi connectivity index (χ1v) is 12.9. The summed E-state index contributed by atoms with van der Waals surface area (Å²) in [6.07, 6.45) is 4.97. The molecule has 2 atom stereocenters. The minimum atomic E-state index is -0.536. The summed E-state index contributed by atoms with van der Waals surface area (Å²) in [5, 5.41) is 3.20. The zero-order valence-corrected chi connectivity index (χ0v) is 21.5. The van der Waals surface area contributed by atoms with Crippen LogP contribution in [0, 0.1) is 0 Å². The van der Waals surface area contributed by atoms with Gasteiger partial charge in [0.15, 0.2) is 0 Å². The van der Waals surface area contributed by atoms with Gasteiger partial charge >= 0.3 is 12.2 Å². The van der Waals surface area contributed by atoms with Gasteiger partial charge in [-0.25, -0.2) is 9.59 Å². The normalized spacial score (nSPS) is 24.6. The van der Waals surface area contributed by atoms with E-state index in [9.17, 15) is 9.59 Å². The average Bonchev–Trinajstić information content (AvgIpc) is 3.29. The van der Waals surface area contributed by atoms with Crippen molar-refractivity contribution in [2.45, 2.75) is 82.0 Å². The van der Waals surface area contributed by atoms with Crippen molar-refractivity contribution < 1.29 is 19.1 Å². The lowest BCUT2D eigenvalue weighted by atomic mass is 9.80. The molecule has 2 bridgehead atoms.